The topological polar surface area (TPSA) is 23.4 Å². The minimum Gasteiger partial charge on any atom is -0.491 e. The van der Waals surface area contributed by atoms with Crippen LogP contribution in [0.25, 0.3) is 10.9 Å². The molecule has 3 rings (SSSR count). The predicted molar refractivity (Wildman–Crippen MR) is 81.3 cm³/mol. The molecule has 1 aliphatic heterocycles. The molecule has 1 aliphatic rings. The molecule has 3 heteroatoms. The first-order chi connectivity index (χ1) is 9.72. The zero-order chi connectivity index (χ0) is 13.9. The van der Waals surface area contributed by atoms with Crippen LogP contribution in [-0.4, -0.2) is 23.4 Å². The molecule has 2 heterocycles. The Labute approximate surface area is 120 Å². The van der Waals surface area contributed by atoms with E-state index in [0.29, 0.717) is 6.10 Å². The Morgan fingerprint density at radius 1 is 1.30 bits per heavy atom. The Bertz CT molecular complexity index is 567. The van der Waals surface area contributed by atoms with E-state index >= 15 is 0 Å². The third-order valence-corrected chi connectivity index (χ3v) is 3.79. The molecular formula is C17H23NO2. The molecule has 0 amide bonds. The maximum atomic E-state index is 5.83. The molecule has 2 aromatic rings. The summed E-state index contributed by atoms with van der Waals surface area (Å²) in [6.07, 6.45) is 6.40. The predicted octanol–water partition coefficient (Wildman–Crippen LogP) is 4.00. The highest BCUT2D eigenvalue weighted by Crippen LogP contribution is 2.24. The summed E-state index contributed by atoms with van der Waals surface area (Å²) < 4.78 is 13.9. The van der Waals surface area contributed by atoms with Gasteiger partial charge in [-0.1, -0.05) is 0 Å². The van der Waals surface area contributed by atoms with Crippen molar-refractivity contribution in [2.75, 3.05) is 6.61 Å². The monoisotopic (exact) mass is 273 g/mol. The van der Waals surface area contributed by atoms with Gasteiger partial charge in [-0.2, -0.15) is 0 Å². The lowest BCUT2D eigenvalue weighted by atomic mass is 10.1. The number of ether oxygens (including phenoxy) is 2. The Morgan fingerprint density at radius 3 is 2.95 bits per heavy atom. The molecule has 0 aliphatic carbocycles. The van der Waals surface area contributed by atoms with Crippen LogP contribution >= 0.6 is 0 Å². The average molecular weight is 273 g/mol. The van der Waals surface area contributed by atoms with Crippen molar-refractivity contribution in [3.8, 4) is 5.75 Å². The van der Waals surface area contributed by atoms with E-state index in [-0.39, 0.29) is 6.10 Å². The molecule has 1 aromatic carbocycles. The molecule has 3 nitrogen and oxygen atoms in total. The number of rotatable bonds is 4. The second kappa shape index (κ2) is 5.88. The van der Waals surface area contributed by atoms with Gasteiger partial charge >= 0.3 is 0 Å². The van der Waals surface area contributed by atoms with E-state index < -0.39 is 0 Å². The summed E-state index contributed by atoms with van der Waals surface area (Å²) in [6.45, 7) is 5.97. The number of hydrogen-bond acceptors (Lipinski definition) is 2. The SMILES string of the molecule is CC(C)Oc1ccc2c(ccn2CC2CCCCO2)c1. The minimum atomic E-state index is 0.213. The average Bonchev–Trinajstić information content (AvgIpc) is 2.82. The van der Waals surface area contributed by atoms with Gasteiger partial charge in [0.05, 0.1) is 12.2 Å². The Morgan fingerprint density at radius 2 is 2.20 bits per heavy atom. The maximum absolute atomic E-state index is 5.83. The van der Waals surface area contributed by atoms with Gasteiger partial charge in [0.15, 0.2) is 0 Å². The molecule has 20 heavy (non-hydrogen) atoms. The quantitative estimate of drug-likeness (QED) is 0.840. The van der Waals surface area contributed by atoms with Crippen LogP contribution in [0.3, 0.4) is 0 Å². The summed E-state index contributed by atoms with van der Waals surface area (Å²) in [5.74, 6) is 0.944. The van der Waals surface area contributed by atoms with Gasteiger partial charge < -0.3 is 14.0 Å². The van der Waals surface area contributed by atoms with E-state index in [9.17, 15) is 0 Å². The Balaban J connectivity index is 1.78. The molecule has 1 unspecified atom stereocenters. The largest absolute Gasteiger partial charge is 0.491 e. The number of aromatic nitrogens is 1. The maximum Gasteiger partial charge on any atom is 0.120 e. The molecule has 1 atom stereocenters. The standard InChI is InChI=1S/C17H23NO2/c1-13(2)20-15-6-7-17-14(11-15)8-9-18(17)12-16-5-3-4-10-19-16/h6-9,11,13,16H,3-5,10,12H2,1-2H3. The van der Waals surface area contributed by atoms with Gasteiger partial charge in [-0.15, -0.1) is 0 Å². The van der Waals surface area contributed by atoms with Crippen LogP contribution in [0, 0.1) is 0 Å². The van der Waals surface area contributed by atoms with Gasteiger partial charge in [0.25, 0.3) is 0 Å². The number of nitrogens with zero attached hydrogens (tertiary/aromatic N) is 1. The van der Waals surface area contributed by atoms with Crippen molar-refractivity contribution in [2.45, 2.75) is 51.9 Å². The van der Waals surface area contributed by atoms with Crippen LogP contribution in [0.5, 0.6) is 5.75 Å². The van der Waals surface area contributed by atoms with Gasteiger partial charge in [-0.3, -0.25) is 0 Å². The fraction of sp³-hybridized carbons (Fsp3) is 0.529. The Hall–Kier alpha value is -1.48. The lowest BCUT2D eigenvalue weighted by Gasteiger charge is -2.23. The van der Waals surface area contributed by atoms with Crippen molar-refractivity contribution in [3.63, 3.8) is 0 Å². The molecule has 0 bridgehead atoms. The Kier molecular flexibility index (Phi) is 3.97. The summed E-state index contributed by atoms with van der Waals surface area (Å²) in [4.78, 5) is 0. The van der Waals surface area contributed by atoms with Crippen LogP contribution < -0.4 is 4.74 Å². The third-order valence-electron chi connectivity index (χ3n) is 3.79. The molecule has 0 saturated carbocycles. The summed E-state index contributed by atoms with van der Waals surface area (Å²) >= 11 is 0. The van der Waals surface area contributed by atoms with Crippen LogP contribution in [0.2, 0.25) is 0 Å². The summed E-state index contributed by atoms with van der Waals surface area (Å²) in [6, 6.07) is 8.48. The highest BCUT2D eigenvalue weighted by molar-refractivity contribution is 5.81. The van der Waals surface area contributed by atoms with E-state index in [1.165, 1.54) is 30.2 Å². The first-order valence-electron chi connectivity index (χ1n) is 7.59. The minimum absolute atomic E-state index is 0.213. The van der Waals surface area contributed by atoms with Crippen molar-refractivity contribution < 1.29 is 9.47 Å². The van der Waals surface area contributed by atoms with E-state index in [1.54, 1.807) is 0 Å². The molecule has 0 radical (unpaired) electrons. The number of hydrogen-bond donors (Lipinski definition) is 0. The summed E-state index contributed by atoms with van der Waals surface area (Å²) in [5, 5.41) is 1.24. The zero-order valence-corrected chi connectivity index (χ0v) is 12.3. The molecule has 1 saturated heterocycles. The molecular weight excluding hydrogens is 250 g/mol. The van der Waals surface area contributed by atoms with E-state index in [0.717, 1.165) is 18.9 Å². The normalized spacial score (nSPS) is 19.6. The van der Waals surface area contributed by atoms with Crippen LogP contribution in [-0.2, 0) is 11.3 Å². The van der Waals surface area contributed by atoms with E-state index in [2.05, 4.69) is 48.9 Å². The van der Waals surface area contributed by atoms with Crippen molar-refractivity contribution in [1.29, 1.82) is 0 Å². The number of fused-ring (bicyclic) bond motifs is 1. The van der Waals surface area contributed by atoms with Gasteiger partial charge in [-0.05, 0) is 57.4 Å². The van der Waals surface area contributed by atoms with Gasteiger partial charge in [0.1, 0.15) is 5.75 Å². The molecule has 108 valence electrons. The number of benzene rings is 1. The van der Waals surface area contributed by atoms with E-state index in [4.69, 9.17) is 9.47 Å². The fourth-order valence-corrected chi connectivity index (χ4v) is 2.85. The van der Waals surface area contributed by atoms with Crippen molar-refractivity contribution in [2.24, 2.45) is 0 Å². The van der Waals surface area contributed by atoms with E-state index in [1.807, 2.05) is 0 Å². The van der Waals surface area contributed by atoms with Crippen molar-refractivity contribution in [3.05, 3.63) is 30.5 Å². The summed E-state index contributed by atoms with van der Waals surface area (Å²) in [5.41, 5.74) is 1.26. The third kappa shape index (κ3) is 2.98. The van der Waals surface area contributed by atoms with Crippen LogP contribution in [0.15, 0.2) is 30.5 Å². The van der Waals surface area contributed by atoms with Gasteiger partial charge in [0, 0.05) is 30.3 Å². The second-order valence-electron chi connectivity index (χ2n) is 5.84. The molecule has 1 fully saturated rings. The molecule has 1 aromatic heterocycles. The first-order valence-corrected chi connectivity index (χ1v) is 7.59. The molecule has 0 spiro atoms. The zero-order valence-electron chi connectivity index (χ0n) is 12.3. The van der Waals surface area contributed by atoms with Crippen molar-refractivity contribution >= 4 is 10.9 Å². The fourth-order valence-electron chi connectivity index (χ4n) is 2.85. The van der Waals surface area contributed by atoms with Crippen molar-refractivity contribution in [1.82, 2.24) is 4.57 Å². The highest BCUT2D eigenvalue weighted by atomic mass is 16.5. The highest BCUT2D eigenvalue weighted by Gasteiger charge is 2.15. The lowest BCUT2D eigenvalue weighted by Crippen LogP contribution is -2.24. The van der Waals surface area contributed by atoms with Gasteiger partial charge in [0.2, 0.25) is 0 Å². The smallest absolute Gasteiger partial charge is 0.120 e. The first kappa shape index (κ1) is 13.5. The van der Waals surface area contributed by atoms with Crippen LogP contribution in [0.4, 0.5) is 0 Å². The summed E-state index contributed by atoms with van der Waals surface area (Å²) in [7, 11) is 0. The molecule has 0 N–H and O–H groups in total. The van der Waals surface area contributed by atoms with Gasteiger partial charge in [-0.25, -0.2) is 0 Å². The van der Waals surface area contributed by atoms with Crippen LogP contribution in [0.1, 0.15) is 33.1 Å². The lowest BCUT2D eigenvalue weighted by molar-refractivity contribution is 0.00670. The second-order valence-corrected chi connectivity index (χ2v) is 5.84.